The number of nitrogens with zero attached hydrogens (tertiary/aromatic N) is 4. The van der Waals surface area contributed by atoms with E-state index in [0.717, 1.165) is 30.9 Å². The van der Waals surface area contributed by atoms with Gasteiger partial charge >= 0.3 is 0 Å². The number of aliphatic hydroxyl groups is 1. The van der Waals surface area contributed by atoms with Crippen LogP contribution in [0.15, 0.2) is 47.2 Å². The zero-order valence-electron chi connectivity index (χ0n) is 12.7. The van der Waals surface area contributed by atoms with Crippen molar-refractivity contribution in [3.63, 3.8) is 0 Å². The fourth-order valence-corrected chi connectivity index (χ4v) is 2.99. The summed E-state index contributed by atoms with van der Waals surface area (Å²) in [4.78, 5) is 6.88. The lowest BCUT2D eigenvalue weighted by Gasteiger charge is -2.13. The van der Waals surface area contributed by atoms with Crippen LogP contribution in [-0.2, 0) is 26.2 Å². The van der Waals surface area contributed by atoms with Gasteiger partial charge in [-0.05, 0) is 12.1 Å². The molecule has 2 aromatic heterocycles. The molecule has 1 aliphatic heterocycles. The molecule has 1 aliphatic rings. The molecule has 0 atom stereocenters. The Morgan fingerprint density at radius 2 is 2.04 bits per heavy atom. The molecule has 1 aromatic carbocycles. The third-order valence-electron chi connectivity index (χ3n) is 4.07. The highest BCUT2D eigenvalue weighted by atomic mass is 16.3. The molecule has 6 heteroatoms. The summed E-state index contributed by atoms with van der Waals surface area (Å²) in [6, 6.07) is 9.91. The molecule has 0 bridgehead atoms. The molecule has 0 spiro atoms. The third kappa shape index (κ3) is 2.78. The first-order chi connectivity index (χ1) is 11.3. The van der Waals surface area contributed by atoms with Crippen molar-refractivity contribution >= 4 is 0 Å². The molecule has 6 nitrogen and oxygen atoms in total. The highest BCUT2D eigenvalue weighted by molar-refractivity contribution is 5.52. The Hall–Kier alpha value is -2.44. The maximum atomic E-state index is 9.08. The number of aliphatic hydroxyl groups excluding tert-OH is 1. The van der Waals surface area contributed by atoms with Crippen LogP contribution in [0.2, 0.25) is 0 Å². The van der Waals surface area contributed by atoms with Gasteiger partial charge in [0.05, 0.1) is 30.7 Å². The maximum absolute atomic E-state index is 9.08. The first-order valence-corrected chi connectivity index (χ1v) is 7.70. The van der Waals surface area contributed by atoms with Crippen LogP contribution < -0.4 is 0 Å². The first-order valence-electron chi connectivity index (χ1n) is 7.70. The molecule has 0 saturated heterocycles. The topological polar surface area (TPSA) is 67.3 Å². The Labute approximate surface area is 134 Å². The summed E-state index contributed by atoms with van der Waals surface area (Å²) >= 11 is 0. The number of oxazole rings is 1. The smallest absolute Gasteiger partial charge is 0.226 e. The van der Waals surface area contributed by atoms with Gasteiger partial charge in [0, 0.05) is 30.8 Å². The summed E-state index contributed by atoms with van der Waals surface area (Å²) in [5, 5.41) is 13.4. The average Bonchev–Trinajstić information content (AvgIpc) is 3.27. The lowest BCUT2D eigenvalue weighted by atomic mass is 10.2. The van der Waals surface area contributed by atoms with Gasteiger partial charge in [-0.1, -0.05) is 18.2 Å². The molecule has 0 radical (unpaired) electrons. The number of aromatic nitrogens is 3. The van der Waals surface area contributed by atoms with Crippen LogP contribution in [0.1, 0.15) is 17.0 Å². The summed E-state index contributed by atoms with van der Waals surface area (Å²) in [6.45, 7) is 3.07. The van der Waals surface area contributed by atoms with E-state index in [1.54, 1.807) is 6.26 Å². The number of hydrogen-bond donors (Lipinski definition) is 1. The summed E-state index contributed by atoms with van der Waals surface area (Å²) < 4.78 is 7.48. The minimum Gasteiger partial charge on any atom is -0.444 e. The minimum atomic E-state index is 0.109. The Morgan fingerprint density at radius 3 is 2.87 bits per heavy atom. The van der Waals surface area contributed by atoms with Crippen molar-refractivity contribution in [3.8, 4) is 11.5 Å². The largest absolute Gasteiger partial charge is 0.444 e. The zero-order chi connectivity index (χ0) is 15.6. The summed E-state index contributed by atoms with van der Waals surface area (Å²) in [7, 11) is 0. The molecule has 1 N–H and O–H groups in total. The Kier molecular flexibility index (Phi) is 3.69. The molecule has 4 rings (SSSR count). The second kappa shape index (κ2) is 5.98. The first kappa shape index (κ1) is 14.2. The maximum Gasteiger partial charge on any atom is 0.226 e. The number of hydrogen-bond acceptors (Lipinski definition) is 5. The second-order valence-corrected chi connectivity index (χ2v) is 5.72. The van der Waals surface area contributed by atoms with Crippen molar-refractivity contribution in [2.24, 2.45) is 0 Å². The predicted octanol–water partition coefficient (Wildman–Crippen LogP) is 2.05. The van der Waals surface area contributed by atoms with Crippen LogP contribution in [0.4, 0.5) is 0 Å². The van der Waals surface area contributed by atoms with Gasteiger partial charge in [0.25, 0.3) is 0 Å². The number of benzene rings is 1. The Balaban J connectivity index is 1.45. The van der Waals surface area contributed by atoms with Gasteiger partial charge in [-0.3, -0.25) is 9.58 Å². The number of rotatable bonds is 5. The molecule has 0 fully saturated rings. The minimum absolute atomic E-state index is 0.109. The van der Waals surface area contributed by atoms with Crippen molar-refractivity contribution in [2.75, 3.05) is 6.61 Å². The van der Waals surface area contributed by atoms with E-state index < -0.39 is 0 Å². The molecular weight excluding hydrogens is 292 g/mol. The monoisotopic (exact) mass is 310 g/mol. The van der Waals surface area contributed by atoms with Gasteiger partial charge in [0.2, 0.25) is 5.89 Å². The van der Waals surface area contributed by atoms with E-state index in [-0.39, 0.29) is 6.61 Å². The van der Waals surface area contributed by atoms with E-state index in [4.69, 9.17) is 9.52 Å². The van der Waals surface area contributed by atoms with E-state index in [1.165, 1.54) is 11.3 Å². The predicted molar refractivity (Wildman–Crippen MR) is 84.2 cm³/mol. The van der Waals surface area contributed by atoms with Crippen molar-refractivity contribution in [3.05, 3.63) is 59.7 Å². The Morgan fingerprint density at radius 1 is 1.17 bits per heavy atom. The van der Waals surface area contributed by atoms with Gasteiger partial charge in [-0.25, -0.2) is 4.98 Å². The summed E-state index contributed by atoms with van der Waals surface area (Å²) in [6.07, 6.45) is 3.62. The average molecular weight is 310 g/mol. The third-order valence-corrected chi connectivity index (χ3v) is 4.07. The molecule has 23 heavy (non-hydrogen) atoms. The molecule has 0 aliphatic carbocycles. The van der Waals surface area contributed by atoms with E-state index in [0.29, 0.717) is 12.4 Å². The van der Waals surface area contributed by atoms with Crippen molar-refractivity contribution < 1.29 is 9.52 Å². The van der Waals surface area contributed by atoms with Crippen molar-refractivity contribution in [1.82, 2.24) is 19.7 Å². The standard InChI is InChI=1S/C17H18N4O2/c22-7-6-21-16-11-20(9-14(16)8-18-21)10-15-12-23-17(19-15)13-4-2-1-3-5-13/h1-5,8,12,22H,6-7,9-11H2. The van der Waals surface area contributed by atoms with Crippen LogP contribution in [0.3, 0.4) is 0 Å². The van der Waals surface area contributed by atoms with Gasteiger partial charge in [0.1, 0.15) is 6.26 Å². The van der Waals surface area contributed by atoms with Gasteiger partial charge in [-0.15, -0.1) is 0 Å². The van der Waals surface area contributed by atoms with Crippen LogP contribution in [-0.4, -0.2) is 31.4 Å². The van der Waals surface area contributed by atoms with Crippen molar-refractivity contribution in [1.29, 1.82) is 0 Å². The SMILES string of the molecule is OCCn1ncc2c1CN(Cc1coc(-c3ccccc3)n1)C2. The van der Waals surface area contributed by atoms with Crippen LogP contribution >= 0.6 is 0 Å². The van der Waals surface area contributed by atoms with E-state index >= 15 is 0 Å². The van der Waals surface area contributed by atoms with Crippen LogP contribution in [0.25, 0.3) is 11.5 Å². The Bertz CT molecular complexity index is 794. The fraction of sp³-hybridized carbons (Fsp3) is 0.294. The molecule has 118 valence electrons. The fourth-order valence-electron chi connectivity index (χ4n) is 2.99. The highest BCUT2D eigenvalue weighted by Gasteiger charge is 2.24. The van der Waals surface area contributed by atoms with Gasteiger partial charge in [0.15, 0.2) is 0 Å². The molecule has 0 saturated carbocycles. The normalized spacial score (nSPS) is 14.3. The van der Waals surface area contributed by atoms with Gasteiger partial charge < -0.3 is 9.52 Å². The summed E-state index contributed by atoms with van der Waals surface area (Å²) in [5.41, 5.74) is 4.33. The van der Waals surface area contributed by atoms with Crippen LogP contribution in [0, 0.1) is 0 Å². The van der Waals surface area contributed by atoms with E-state index in [9.17, 15) is 0 Å². The lowest BCUT2D eigenvalue weighted by molar-refractivity contribution is 0.249. The van der Waals surface area contributed by atoms with Gasteiger partial charge in [-0.2, -0.15) is 5.10 Å². The molecule has 0 amide bonds. The summed E-state index contributed by atoms with van der Waals surface area (Å²) in [5.74, 6) is 0.656. The molecule has 3 aromatic rings. The van der Waals surface area contributed by atoms with E-state index in [2.05, 4.69) is 15.0 Å². The number of fused-ring (bicyclic) bond motifs is 1. The quantitative estimate of drug-likeness (QED) is 0.781. The lowest BCUT2D eigenvalue weighted by Crippen LogP contribution is -2.18. The molecular formula is C17H18N4O2. The van der Waals surface area contributed by atoms with Crippen LogP contribution in [0.5, 0.6) is 0 Å². The highest BCUT2D eigenvalue weighted by Crippen LogP contribution is 2.25. The molecule has 0 unspecified atom stereocenters. The second-order valence-electron chi connectivity index (χ2n) is 5.72. The zero-order valence-corrected chi connectivity index (χ0v) is 12.7. The van der Waals surface area contributed by atoms with E-state index in [1.807, 2.05) is 41.2 Å². The molecule has 3 heterocycles. The van der Waals surface area contributed by atoms with Crippen molar-refractivity contribution in [2.45, 2.75) is 26.2 Å².